The van der Waals surface area contributed by atoms with Crippen molar-refractivity contribution in [2.75, 3.05) is 7.05 Å². The van der Waals surface area contributed by atoms with Gasteiger partial charge in [0.05, 0.1) is 5.71 Å². The molecule has 4 heteroatoms. The van der Waals surface area contributed by atoms with Crippen LogP contribution in [-0.2, 0) is 4.94 Å². The summed E-state index contributed by atoms with van der Waals surface area (Å²) < 4.78 is 0. The zero-order valence-corrected chi connectivity index (χ0v) is 11.5. The van der Waals surface area contributed by atoms with Gasteiger partial charge in [-0.3, -0.25) is 0 Å². The number of nitrogens with zero attached hydrogens (tertiary/aromatic N) is 1. The lowest BCUT2D eigenvalue weighted by molar-refractivity contribution is 0.0615. The predicted octanol–water partition coefficient (Wildman–Crippen LogP) is 2.96. The predicted molar refractivity (Wildman–Crippen MR) is 67.4 cm³/mol. The number of oxime groups is 1. The third-order valence-electron chi connectivity index (χ3n) is 2.71. The molecule has 0 rings (SSSR count). The van der Waals surface area contributed by atoms with Gasteiger partial charge < -0.3 is 4.94 Å². The van der Waals surface area contributed by atoms with Crippen molar-refractivity contribution in [1.29, 1.82) is 0 Å². The summed E-state index contributed by atoms with van der Waals surface area (Å²) in [6.07, 6.45) is 2.18. The fourth-order valence-corrected chi connectivity index (χ4v) is 0.986. The lowest BCUT2D eigenvalue weighted by atomic mass is 9.81. The van der Waals surface area contributed by atoms with Gasteiger partial charge in [-0.15, -0.1) is 29.5 Å². The molecule has 13 heavy (non-hydrogen) atoms. The molecule has 0 bridgehead atoms. The van der Waals surface area contributed by atoms with Crippen molar-refractivity contribution >= 4 is 29.7 Å². The Morgan fingerprint density at radius 3 is 2.15 bits per heavy atom. The van der Waals surface area contributed by atoms with E-state index in [4.69, 9.17) is 4.94 Å². The molecule has 0 spiro atoms. The van der Waals surface area contributed by atoms with E-state index in [0.29, 0.717) is 0 Å². The van der Waals surface area contributed by atoms with Crippen LogP contribution in [0.15, 0.2) is 5.16 Å². The lowest BCUT2D eigenvalue weighted by Crippen LogP contribution is -2.24. The minimum Gasteiger partial charge on any atom is -0.300 e. The Labute approximate surface area is 98.3 Å². The monoisotopic (exact) mass is 300 g/mol. The van der Waals surface area contributed by atoms with Crippen molar-refractivity contribution in [3.63, 3.8) is 0 Å². The van der Waals surface area contributed by atoms with Gasteiger partial charge in [0.25, 0.3) is 0 Å². The first kappa shape index (κ1) is 15.6. The van der Waals surface area contributed by atoms with Gasteiger partial charge in [0.15, 0.2) is 0 Å². The van der Waals surface area contributed by atoms with Gasteiger partial charge in [0.1, 0.15) is 0 Å². The number of hydroxylamine groups is 1. The van der Waals surface area contributed by atoms with E-state index < -0.39 is 0 Å². The van der Waals surface area contributed by atoms with Crippen molar-refractivity contribution in [1.82, 2.24) is 5.48 Å². The summed E-state index contributed by atoms with van der Waals surface area (Å²) in [6.45, 7) is 8.54. The lowest BCUT2D eigenvalue weighted by Gasteiger charge is -2.25. The Kier molecular flexibility index (Phi) is 9.08. The third-order valence-corrected chi connectivity index (χ3v) is 2.71. The summed E-state index contributed by atoms with van der Waals surface area (Å²) in [7, 11) is 1.70. The van der Waals surface area contributed by atoms with E-state index in [9.17, 15) is 0 Å². The van der Waals surface area contributed by atoms with Crippen LogP contribution in [0.1, 0.15) is 40.5 Å². The molecular formula is C9H21IN2O. The van der Waals surface area contributed by atoms with E-state index in [1.807, 2.05) is 6.92 Å². The maximum Gasteiger partial charge on any atom is 0.0625 e. The van der Waals surface area contributed by atoms with E-state index >= 15 is 0 Å². The highest BCUT2D eigenvalue weighted by Crippen LogP contribution is 2.27. The average Bonchev–Trinajstić information content (AvgIpc) is 2.12. The first-order valence-electron chi connectivity index (χ1n) is 4.48. The molecule has 0 amide bonds. The van der Waals surface area contributed by atoms with Crippen molar-refractivity contribution in [2.45, 2.75) is 40.5 Å². The molecule has 0 aromatic carbocycles. The van der Waals surface area contributed by atoms with Crippen LogP contribution in [0, 0.1) is 5.41 Å². The van der Waals surface area contributed by atoms with E-state index in [-0.39, 0.29) is 29.4 Å². The van der Waals surface area contributed by atoms with E-state index in [0.717, 1.165) is 18.6 Å². The highest BCUT2D eigenvalue weighted by molar-refractivity contribution is 14.0. The van der Waals surface area contributed by atoms with Gasteiger partial charge in [0.2, 0.25) is 0 Å². The minimum absolute atomic E-state index is 0. The summed E-state index contributed by atoms with van der Waals surface area (Å²) in [5, 5.41) is 3.96. The van der Waals surface area contributed by atoms with Crippen molar-refractivity contribution in [3.05, 3.63) is 0 Å². The van der Waals surface area contributed by atoms with Gasteiger partial charge in [0, 0.05) is 12.5 Å². The first-order chi connectivity index (χ1) is 5.60. The van der Waals surface area contributed by atoms with Crippen LogP contribution in [-0.4, -0.2) is 12.8 Å². The summed E-state index contributed by atoms with van der Waals surface area (Å²) in [5.74, 6) is 0. The molecule has 0 radical (unpaired) electrons. The molecule has 80 valence electrons. The van der Waals surface area contributed by atoms with Crippen LogP contribution in [0.4, 0.5) is 0 Å². The average molecular weight is 300 g/mol. The maximum absolute atomic E-state index is 4.78. The van der Waals surface area contributed by atoms with Gasteiger partial charge in [-0.2, -0.15) is 0 Å². The van der Waals surface area contributed by atoms with Crippen molar-refractivity contribution in [3.8, 4) is 0 Å². The molecule has 0 saturated heterocycles. The SMILES string of the molecule is CCC(C)(CC)C(C)=NONC.I. The second-order valence-corrected chi connectivity index (χ2v) is 3.24. The van der Waals surface area contributed by atoms with Crippen LogP contribution in [0.2, 0.25) is 0 Å². The smallest absolute Gasteiger partial charge is 0.0625 e. The Morgan fingerprint density at radius 1 is 1.38 bits per heavy atom. The van der Waals surface area contributed by atoms with Crippen LogP contribution >= 0.6 is 24.0 Å². The number of rotatable bonds is 5. The van der Waals surface area contributed by atoms with Gasteiger partial charge in [-0.05, 0) is 19.8 Å². The van der Waals surface area contributed by atoms with E-state index in [1.54, 1.807) is 7.05 Å². The van der Waals surface area contributed by atoms with Crippen LogP contribution in [0.25, 0.3) is 0 Å². The van der Waals surface area contributed by atoms with Crippen molar-refractivity contribution < 1.29 is 4.94 Å². The summed E-state index contributed by atoms with van der Waals surface area (Å²) in [5.41, 5.74) is 3.75. The Balaban J connectivity index is 0. The second-order valence-electron chi connectivity index (χ2n) is 3.24. The summed E-state index contributed by atoms with van der Waals surface area (Å²) in [4.78, 5) is 4.78. The van der Waals surface area contributed by atoms with Gasteiger partial charge in [-0.25, -0.2) is 0 Å². The molecule has 0 saturated carbocycles. The van der Waals surface area contributed by atoms with Gasteiger partial charge >= 0.3 is 0 Å². The Hall–Kier alpha value is 0.160. The van der Waals surface area contributed by atoms with E-state index in [2.05, 4.69) is 31.4 Å². The van der Waals surface area contributed by atoms with Crippen LogP contribution in [0.5, 0.6) is 0 Å². The molecule has 0 fully saturated rings. The number of hydrogen-bond acceptors (Lipinski definition) is 3. The highest BCUT2D eigenvalue weighted by Gasteiger charge is 2.23. The van der Waals surface area contributed by atoms with Crippen LogP contribution in [0.3, 0.4) is 0 Å². The number of nitrogens with one attached hydrogen (secondary N) is 1. The van der Waals surface area contributed by atoms with Crippen LogP contribution < -0.4 is 5.48 Å². The molecule has 1 N–H and O–H groups in total. The first-order valence-corrected chi connectivity index (χ1v) is 4.48. The standard InChI is InChI=1S/C9H20N2O.HI/c1-6-9(4,7-2)8(3)11-12-10-5;/h10H,6-7H2,1-5H3;1H. The maximum atomic E-state index is 4.78. The van der Waals surface area contributed by atoms with Gasteiger partial charge in [-0.1, -0.05) is 25.9 Å². The molecule has 0 heterocycles. The fourth-order valence-electron chi connectivity index (χ4n) is 0.986. The van der Waals surface area contributed by atoms with Crippen molar-refractivity contribution in [2.24, 2.45) is 10.6 Å². The quantitative estimate of drug-likeness (QED) is 0.481. The molecule has 0 aliphatic carbocycles. The molecule has 0 unspecified atom stereocenters. The molecule has 0 atom stereocenters. The number of halogens is 1. The highest BCUT2D eigenvalue weighted by atomic mass is 127. The molecule has 0 aliphatic rings. The molecule has 0 aliphatic heterocycles. The zero-order chi connectivity index (χ0) is 9.61. The summed E-state index contributed by atoms with van der Waals surface area (Å²) in [6, 6.07) is 0. The molecule has 0 aromatic rings. The number of hydrogen-bond donors (Lipinski definition) is 1. The largest absolute Gasteiger partial charge is 0.300 e. The Bertz CT molecular complexity index is 156. The third kappa shape index (κ3) is 4.81. The Morgan fingerprint density at radius 2 is 1.85 bits per heavy atom. The normalized spacial score (nSPS) is 12.2. The molecule has 3 nitrogen and oxygen atoms in total. The fraction of sp³-hybridized carbons (Fsp3) is 0.889. The second kappa shape index (κ2) is 7.55. The molecular weight excluding hydrogens is 279 g/mol. The molecule has 0 aromatic heterocycles. The topological polar surface area (TPSA) is 33.6 Å². The minimum atomic E-state index is 0. The van der Waals surface area contributed by atoms with E-state index in [1.165, 1.54) is 0 Å². The zero-order valence-electron chi connectivity index (χ0n) is 9.18. The summed E-state index contributed by atoms with van der Waals surface area (Å²) >= 11 is 0.